The topological polar surface area (TPSA) is 58.6 Å². The summed E-state index contributed by atoms with van der Waals surface area (Å²) in [5.41, 5.74) is 0.761. The molecule has 0 aromatic heterocycles. The summed E-state index contributed by atoms with van der Waals surface area (Å²) in [7, 11) is 0. The first kappa shape index (κ1) is 15.3. The molecule has 0 radical (unpaired) electrons. The fourth-order valence-electron chi connectivity index (χ4n) is 2.26. The quantitative estimate of drug-likeness (QED) is 0.858. The third kappa shape index (κ3) is 3.95. The molecule has 112 valence electrons. The molecule has 2 aromatic rings. The van der Waals surface area contributed by atoms with Crippen LogP contribution < -0.4 is 10.1 Å². The molecule has 0 spiro atoms. The molecule has 0 fully saturated rings. The number of benzene rings is 2. The van der Waals surface area contributed by atoms with Gasteiger partial charge < -0.3 is 15.2 Å². The van der Waals surface area contributed by atoms with E-state index in [9.17, 15) is 9.90 Å². The SMILES string of the molecule is CC(C)NC(=O)CCOc1ccc2ccccc2c1CO. The summed E-state index contributed by atoms with van der Waals surface area (Å²) in [4.78, 5) is 11.6. The van der Waals surface area contributed by atoms with Gasteiger partial charge in [0.15, 0.2) is 0 Å². The van der Waals surface area contributed by atoms with Gasteiger partial charge in [0, 0.05) is 11.6 Å². The average Bonchev–Trinajstić information content (AvgIpc) is 2.46. The van der Waals surface area contributed by atoms with Crippen LogP contribution in [-0.4, -0.2) is 23.7 Å². The van der Waals surface area contributed by atoms with E-state index in [1.807, 2.05) is 50.2 Å². The molecule has 0 saturated heterocycles. The van der Waals surface area contributed by atoms with Crippen LogP contribution in [0.1, 0.15) is 25.8 Å². The molecule has 1 amide bonds. The molecule has 4 heteroatoms. The summed E-state index contributed by atoms with van der Waals surface area (Å²) < 4.78 is 5.67. The highest BCUT2D eigenvalue weighted by molar-refractivity contribution is 5.87. The maximum absolute atomic E-state index is 11.6. The van der Waals surface area contributed by atoms with Crippen LogP contribution in [0.2, 0.25) is 0 Å². The maximum atomic E-state index is 11.6. The molecule has 0 aliphatic carbocycles. The van der Waals surface area contributed by atoms with Crippen LogP contribution in [0.3, 0.4) is 0 Å². The summed E-state index contributed by atoms with van der Waals surface area (Å²) >= 11 is 0. The Morgan fingerprint density at radius 3 is 2.71 bits per heavy atom. The Bertz CT molecular complexity index is 622. The zero-order chi connectivity index (χ0) is 15.2. The number of carbonyl (C=O) groups excluding carboxylic acids is 1. The normalized spacial score (nSPS) is 10.9. The number of ether oxygens (including phenoxy) is 1. The Morgan fingerprint density at radius 2 is 2.00 bits per heavy atom. The lowest BCUT2D eigenvalue weighted by Gasteiger charge is -2.13. The van der Waals surface area contributed by atoms with Gasteiger partial charge in [-0.05, 0) is 30.7 Å². The Labute approximate surface area is 124 Å². The zero-order valence-electron chi connectivity index (χ0n) is 12.4. The van der Waals surface area contributed by atoms with Crippen molar-refractivity contribution in [1.82, 2.24) is 5.32 Å². The number of hydrogen-bond acceptors (Lipinski definition) is 3. The number of aliphatic hydroxyl groups is 1. The molecular formula is C17H21NO3. The van der Waals surface area contributed by atoms with Crippen molar-refractivity contribution in [3.05, 3.63) is 42.0 Å². The van der Waals surface area contributed by atoms with E-state index in [4.69, 9.17) is 4.74 Å². The molecule has 2 rings (SSSR count). The first-order chi connectivity index (χ1) is 10.1. The molecule has 0 heterocycles. The van der Waals surface area contributed by atoms with Gasteiger partial charge >= 0.3 is 0 Å². The molecular weight excluding hydrogens is 266 g/mol. The van der Waals surface area contributed by atoms with Crippen LogP contribution in [-0.2, 0) is 11.4 Å². The minimum atomic E-state index is -0.0884. The third-order valence-electron chi connectivity index (χ3n) is 3.19. The Morgan fingerprint density at radius 1 is 1.24 bits per heavy atom. The van der Waals surface area contributed by atoms with Crippen molar-refractivity contribution in [3.63, 3.8) is 0 Å². The van der Waals surface area contributed by atoms with Crippen LogP contribution in [0.25, 0.3) is 10.8 Å². The fourth-order valence-corrected chi connectivity index (χ4v) is 2.26. The second-order valence-electron chi connectivity index (χ2n) is 5.24. The first-order valence-corrected chi connectivity index (χ1v) is 7.15. The molecule has 2 N–H and O–H groups in total. The van der Waals surface area contributed by atoms with Crippen LogP contribution in [0.15, 0.2) is 36.4 Å². The number of nitrogens with one attached hydrogen (secondary N) is 1. The highest BCUT2D eigenvalue weighted by Gasteiger charge is 2.09. The van der Waals surface area contributed by atoms with E-state index in [2.05, 4.69) is 5.32 Å². The van der Waals surface area contributed by atoms with Gasteiger partial charge in [-0.15, -0.1) is 0 Å². The van der Waals surface area contributed by atoms with Crippen molar-refractivity contribution in [3.8, 4) is 5.75 Å². The van der Waals surface area contributed by atoms with Gasteiger partial charge in [-0.3, -0.25) is 4.79 Å². The van der Waals surface area contributed by atoms with Crippen molar-refractivity contribution >= 4 is 16.7 Å². The molecule has 0 saturated carbocycles. The smallest absolute Gasteiger partial charge is 0.223 e. The number of amides is 1. The van der Waals surface area contributed by atoms with Gasteiger partial charge in [-0.25, -0.2) is 0 Å². The molecule has 4 nitrogen and oxygen atoms in total. The minimum absolute atomic E-state index is 0.0312. The number of carbonyl (C=O) groups is 1. The van der Waals surface area contributed by atoms with Gasteiger partial charge in [0.1, 0.15) is 5.75 Å². The van der Waals surface area contributed by atoms with E-state index in [1.165, 1.54) is 0 Å². The Balaban J connectivity index is 2.07. The van der Waals surface area contributed by atoms with Crippen LogP contribution in [0.4, 0.5) is 0 Å². The lowest BCUT2D eigenvalue weighted by molar-refractivity contribution is -0.122. The second-order valence-corrected chi connectivity index (χ2v) is 5.24. The molecule has 0 atom stereocenters. The highest BCUT2D eigenvalue weighted by Crippen LogP contribution is 2.28. The zero-order valence-corrected chi connectivity index (χ0v) is 12.4. The van der Waals surface area contributed by atoms with Gasteiger partial charge in [0.25, 0.3) is 0 Å². The van der Waals surface area contributed by atoms with E-state index in [-0.39, 0.29) is 18.6 Å². The lowest BCUT2D eigenvalue weighted by atomic mass is 10.0. The summed E-state index contributed by atoms with van der Waals surface area (Å²) in [6.45, 7) is 4.05. The van der Waals surface area contributed by atoms with Crippen molar-refractivity contribution in [1.29, 1.82) is 0 Å². The van der Waals surface area contributed by atoms with E-state index < -0.39 is 0 Å². The average molecular weight is 287 g/mol. The van der Waals surface area contributed by atoms with Crippen molar-refractivity contribution in [2.45, 2.75) is 32.9 Å². The van der Waals surface area contributed by atoms with Gasteiger partial charge in [-0.1, -0.05) is 30.3 Å². The second kappa shape index (κ2) is 7.09. The van der Waals surface area contributed by atoms with Gasteiger partial charge in [0.05, 0.1) is 19.6 Å². The predicted molar refractivity (Wildman–Crippen MR) is 83.3 cm³/mol. The molecule has 0 bridgehead atoms. The third-order valence-corrected chi connectivity index (χ3v) is 3.19. The summed E-state index contributed by atoms with van der Waals surface area (Å²) in [5.74, 6) is 0.602. The van der Waals surface area contributed by atoms with Gasteiger partial charge in [-0.2, -0.15) is 0 Å². The summed E-state index contributed by atoms with van der Waals surface area (Å²) in [6, 6.07) is 11.8. The number of rotatable bonds is 6. The van der Waals surface area contributed by atoms with E-state index in [0.29, 0.717) is 18.8 Å². The standard InChI is InChI=1S/C17H21NO3/c1-12(2)18-17(20)9-10-21-16-8-7-13-5-3-4-6-14(13)15(16)11-19/h3-8,12,19H,9-11H2,1-2H3,(H,18,20). The largest absolute Gasteiger partial charge is 0.493 e. The summed E-state index contributed by atoms with van der Waals surface area (Å²) in [5, 5.41) is 14.4. The van der Waals surface area contributed by atoms with Gasteiger partial charge in [0.2, 0.25) is 5.91 Å². The van der Waals surface area contributed by atoms with E-state index >= 15 is 0 Å². The fraction of sp³-hybridized carbons (Fsp3) is 0.353. The van der Waals surface area contributed by atoms with Crippen LogP contribution in [0, 0.1) is 0 Å². The number of hydrogen-bond donors (Lipinski definition) is 2. The molecule has 0 aliphatic rings. The molecule has 2 aromatic carbocycles. The predicted octanol–water partition coefficient (Wildman–Crippen LogP) is 2.63. The Hall–Kier alpha value is -2.07. The van der Waals surface area contributed by atoms with Crippen molar-refractivity contribution < 1.29 is 14.6 Å². The highest BCUT2D eigenvalue weighted by atomic mass is 16.5. The lowest BCUT2D eigenvalue weighted by Crippen LogP contribution is -2.31. The maximum Gasteiger partial charge on any atom is 0.223 e. The van der Waals surface area contributed by atoms with E-state index in [0.717, 1.165) is 16.3 Å². The minimum Gasteiger partial charge on any atom is -0.493 e. The monoisotopic (exact) mass is 287 g/mol. The van der Waals surface area contributed by atoms with Crippen molar-refractivity contribution in [2.75, 3.05) is 6.61 Å². The van der Waals surface area contributed by atoms with Crippen LogP contribution >= 0.6 is 0 Å². The number of fused-ring (bicyclic) bond motifs is 1. The summed E-state index contributed by atoms with van der Waals surface area (Å²) in [6.07, 6.45) is 0.301. The molecule has 21 heavy (non-hydrogen) atoms. The first-order valence-electron chi connectivity index (χ1n) is 7.15. The number of aliphatic hydroxyl groups excluding tert-OH is 1. The van der Waals surface area contributed by atoms with Crippen LogP contribution in [0.5, 0.6) is 5.75 Å². The molecule has 0 aliphatic heterocycles. The molecule has 0 unspecified atom stereocenters. The van der Waals surface area contributed by atoms with Crippen molar-refractivity contribution in [2.24, 2.45) is 0 Å². The Kier molecular flexibility index (Phi) is 5.17. The van der Waals surface area contributed by atoms with E-state index in [1.54, 1.807) is 0 Å².